The summed E-state index contributed by atoms with van der Waals surface area (Å²) in [6.45, 7) is 4.39. The Morgan fingerprint density at radius 2 is 1.93 bits per heavy atom. The Labute approximate surface area is 171 Å². The SMILES string of the molecule is CCOc1cccc(N=c2scc(C)n2/N=C/c2ccc(O)c(O)c2O)c1.Cl. The number of aromatic nitrogens is 1. The van der Waals surface area contributed by atoms with Gasteiger partial charge in [0.1, 0.15) is 5.75 Å². The van der Waals surface area contributed by atoms with E-state index < -0.39 is 17.2 Å². The average Bonchev–Trinajstić information content (AvgIpc) is 2.99. The van der Waals surface area contributed by atoms with Crippen molar-refractivity contribution in [2.45, 2.75) is 13.8 Å². The fourth-order valence-electron chi connectivity index (χ4n) is 2.33. The molecule has 2 aromatic carbocycles. The van der Waals surface area contributed by atoms with Crippen molar-refractivity contribution >= 4 is 35.6 Å². The molecule has 0 saturated heterocycles. The van der Waals surface area contributed by atoms with Gasteiger partial charge in [0.05, 0.1) is 24.2 Å². The standard InChI is InChI=1S/C19H19N3O4S.ClH/c1-3-26-15-6-4-5-14(9-15)21-19-22(12(2)11-27-19)20-10-13-7-8-16(23)18(25)17(13)24;/h4-11,23-25H,3H2,1-2H3;1H/b20-10+,21-19?;. The van der Waals surface area contributed by atoms with Crippen LogP contribution in [0.1, 0.15) is 18.2 Å². The first-order valence-electron chi connectivity index (χ1n) is 8.22. The Balaban J connectivity index is 0.00000280. The van der Waals surface area contributed by atoms with Crippen molar-refractivity contribution in [3.8, 4) is 23.0 Å². The smallest absolute Gasteiger partial charge is 0.211 e. The molecule has 0 aliphatic rings. The lowest BCUT2D eigenvalue weighted by atomic mass is 10.2. The van der Waals surface area contributed by atoms with Gasteiger partial charge < -0.3 is 20.1 Å². The molecule has 0 saturated carbocycles. The molecule has 1 aromatic heterocycles. The topological polar surface area (TPSA) is 99.6 Å². The van der Waals surface area contributed by atoms with Crippen LogP contribution >= 0.6 is 23.7 Å². The summed E-state index contributed by atoms with van der Waals surface area (Å²) in [4.78, 5) is 5.25. The molecule has 3 N–H and O–H groups in total. The highest BCUT2D eigenvalue weighted by molar-refractivity contribution is 7.07. The second kappa shape index (κ2) is 9.29. The van der Waals surface area contributed by atoms with Gasteiger partial charge in [0.2, 0.25) is 10.6 Å². The summed E-state index contributed by atoms with van der Waals surface area (Å²) in [6.07, 6.45) is 1.39. The number of benzene rings is 2. The zero-order chi connectivity index (χ0) is 19.4. The van der Waals surface area contributed by atoms with Gasteiger partial charge >= 0.3 is 0 Å². The van der Waals surface area contributed by atoms with Crippen LogP contribution in [0.25, 0.3) is 0 Å². The van der Waals surface area contributed by atoms with E-state index in [0.29, 0.717) is 11.4 Å². The third-order valence-corrected chi connectivity index (χ3v) is 4.61. The Kier molecular flexibility index (Phi) is 7.08. The van der Waals surface area contributed by atoms with Crippen molar-refractivity contribution < 1.29 is 20.1 Å². The van der Waals surface area contributed by atoms with E-state index in [0.717, 1.165) is 17.1 Å². The molecule has 7 nitrogen and oxygen atoms in total. The van der Waals surface area contributed by atoms with Gasteiger partial charge in [-0.1, -0.05) is 6.07 Å². The largest absolute Gasteiger partial charge is 0.504 e. The van der Waals surface area contributed by atoms with Gasteiger partial charge in [0.15, 0.2) is 11.5 Å². The van der Waals surface area contributed by atoms with Crippen LogP contribution in [-0.2, 0) is 0 Å². The van der Waals surface area contributed by atoms with E-state index in [2.05, 4.69) is 10.1 Å². The first-order valence-corrected chi connectivity index (χ1v) is 9.10. The number of hydrogen-bond acceptors (Lipinski definition) is 7. The lowest BCUT2D eigenvalue weighted by molar-refractivity contribution is 0.340. The normalized spacial score (nSPS) is 11.6. The van der Waals surface area contributed by atoms with Gasteiger partial charge in [-0.25, -0.2) is 9.67 Å². The molecular weight excluding hydrogens is 402 g/mol. The van der Waals surface area contributed by atoms with Crippen molar-refractivity contribution in [2.24, 2.45) is 10.1 Å². The van der Waals surface area contributed by atoms with Gasteiger partial charge in [-0.2, -0.15) is 5.10 Å². The summed E-state index contributed by atoms with van der Waals surface area (Å²) in [5.74, 6) is -0.667. The average molecular weight is 422 g/mol. The Hall–Kier alpha value is -2.97. The molecule has 148 valence electrons. The number of ether oxygens (including phenoxy) is 1. The van der Waals surface area contributed by atoms with Crippen LogP contribution in [0.2, 0.25) is 0 Å². The lowest BCUT2D eigenvalue weighted by Gasteiger charge is -2.04. The fraction of sp³-hybridized carbons (Fsp3) is 0.158. The molecule has 0 atom stereocenters. The van der Waals surface area contributed by atoms with Crippen LogP contribution in [0.15, 0.2) is 51.9 Å². The van der Waals surface area contributed by atoms with E-state index >= 15 is 0 Å². The molecule has 3 rings (SSSR count). The van der Waals surface area contributed by atoms with Crippen molar-refractivity contribution in [1.82, 2.24) is 4.68 Å². The van der Waals surface area contributed by atoms with Crippen molar-refractivity contribution in [3.05, 3.63) is 57.8 Å². The molecule has 0 amide bonds. The van der Waals surface area contributed by atoms with Gasteiger partial charge in [0, 0.05) is 17.0 Å². The van der Waals surface area contributed by atoms with Crippen LogP contribution in [0, 0.1) is 6.92 Å². The van der Waals surface area contributed by atoms with Crippen molar-refractivity contribution in [3.63, 3.8) is 0 Å². The van der Waals surface area contributed by atoms with Crippen LogP contribution in [0.5, 0.6) is 23.0 Å². The molecule has 28 heavy (non-hydrogen) atoms. The number of aromatic hydroxyl groups is 3. The number of phenols is 3. The van der Waals surface area contributed by atoms with Crippen molar-refractivity contribution in [2.75, 3.05) is 6.61 Å². The number of nitrogens with zero attached hydrogens (tertiary/aromatic N) is 3. The first-order chi connectivity index (χ1) is 13.0. The van der Waals surface area contributed by atoms with Crippen LogP contribution in [0.4, 0.5) is 5.69 Å². The van der Waals surface area contributed by atoms with Gasteiger partial charge in [-0.05, 0) is 38.1 Å². The zero-order valence-electron chi connectivity index (χ0n) is 15.2. The van der Waals surface area contributed by atoms with Crippen molar-refractivity contribution in [1.29, 1.82) is 0 Å². The summed E-state index contributed by atoms with van der Waals surface area (Å²) < 4.78 is 7.12. The third-order valence-electron chi connectivity index (χ3n) is 3.68. The molecule has 0 aliphatic carbocycles. The first kappa shape index (κ1) is 21.3. The van der Waals surface area contributed by atoms with E-state index in [1.165, 1.54) is 29.7 Å². The predicted octanol–water partition coefficient (Wildman–Crippen LogP) is 3.91. The molecule has 0 spiro atoms. The molecule has 0 radical (unpaired) electrons. The van der Waals surface area contributed by atoms with E-state index in [9.17, 15) is 15.3 Å². The Bertz CT molecular complexity index is 1060. The molecule has 0 bridgehead atoms. The summed E-state index contributed by atoms with van der Waals surface area (Å²) in [5, 5.41) is 35.2. The summed E-state index contributed by atoms with van der Waals surface area (Å²) in [7, 11) is 0. The quantitative estimate of drug-likeness (QED) is 0.429. The molecule has 0 aliphatic heterocycles. The van der Waals surface area contributed by atoms with Gasteiger partial charge in [-0.15, -0.1) is 23.7 Å². The third kappa shape index (κ3) is 4.65. The Morgan fingerprint density at radius 3 is 2.68 bits per heavy atom. The zero-order valence-corrected chi connectivity index (χ0v) is 16.9. The number of halogens is 1. The second-order valence-corrected chi connectivity index (χ2v) is 6.47. The minimum Gasteiger partial charge on any atom is -0.504 e. The Morgan fingerprint density at radius 1 is 1.14 bits per heavy atom. The highest BCUT2D eigenvalue weighted by Gasteiger charge is 2.09. The predicted molar refractivity (Wildman–Crippen MR) is 112 cm³/mol. The maximum absolute atomic E-state index is 9.92. The molecule has 3 aromatic rings. The maximum Gasteiger partial charge on any atom is 0.211 e. The number of aryl methyl sites for hydroxylation is 1. The lowest BCUT2D eigenvalue weighted by Crippen LogP contribution is -2.11. The number of hydrogen-bond donors (Lipinski definition) is 3. The number of phenolic OH excluding ortho intramolecular Hbond substituents is 3. The van der Waals surface area contributed by atoms with Crippen LogP contribution < -0.4 is 9.54 Å². The van der Waals surface area contributed by atoms with Crippen LogP contribution in [0.3, 0.4) is 0 Å². The van der Waals surface area contributed by atoms with Gasteiger partial charge in [0.25, 0.3) is 0 Å². The number of rotatable bonds is 5. The van der Waals surface area contributed by atoms with E-state index in [1.807, 2.05) is 43.5 Å². The number of thiazole rings is 1. The van der Waals surface area contributed by atoms with Crippen LogP contribution in [-0.4, -0.2) is 32.8 Å². The maximum atomic E-state index is 9.92. The summed E-state index contributed by atoms with van der Waals surface area (Å²) in [5.41, 5.74) is 1.86. The molecule has 9 heteroatoms. The van der Waals surface area contributed by atoms with E-state index in [-0.39, 0.29) is 18.0 Å². The second-order valence-electron chi connectivity index (χ2n) is 5.63. The van der Waals surface area contributed by atoms with E-state index in [1.54, 1.807) is 4.68 Å². The minimum atomic E-state index is -0.580. The highest BCUT2D eigenvalue weighted by Crippen LogP contribution is 2.36. The minimum absolute atomic E-state index is 0. The molecule has 1 heterocycles. The molecule has 0 fully saturated rings. The van der Waals surface area contributed by atoms with E-state index in [4.69, 9.17) is 4.74 Å². The highest BCUT2D eigenvalue weighted by atomic mass is 35.5. The summed E-state index contributed by atoms with van der Waals surface area (Å²) >= 11 is 1.42. The van der Waals surface area contributed by atoms with Gasteiger partial charge in [-0.3, -0.25) is 0 Å². The summed E-state index contributed by atoms with van der Waals surface area (Å²) in [6, 6.07) is 10.2. The molecule has 0 unspecified atom stereocenters. The molecular formula is C19H20ClN3O4S. The monoisotopic (exact) mass is 421 g/mol. The fourth-order valence-corrected chi connectivity index (χ4v) is 3.16.